The Morgan fingerprint density at radius 2 is 2.29 bits per heavy atom. The molecule has 2 heteroatoms. The first-order valence-corrected chi connectivity index (χ1v) is 5.32. The van der Waals surface area contributed by atoms with E-state index in [4.69, 9.17) is 4.42 Å². The zero-order valence-corrected chi connectivity index (χ0v) is 8.95. The van der Waals surface area contributed by atoms with Crippen LogP contribution in [0.15, 0.2) is 23.0 Å². The van der Waals surface area contributed by atoms with E-state index in [1.165, 1.54) is 19.1 Å². The Morgan fingerprint density at radius 1 is 1.50 bits per heavy atom. The number of carbonyl (C=O) groups is 1. The molecule has 0 fully saturated rings. The normalized spacial score (nSPS) is 12.7. The van der Waals surface area contributed by atoms with Gasteiger partial charge in [0.1, 0.15) is 6.26 Å². The molecular formula is C12H18O2. The minimum Gasteiger partial charge on any atom is -0.472 e. The maximum atomic E-state index is 11.7. The molecule has 1 rings (SSSR count). The zero-order chi connectivity index (χ0) is 10.4. The van der Waals surface area contributed by atoms with Gasteiger partial charge < -0.3 is 4.42 Å². The van der Waals surface area contributed by atoms with E-state index < -0.39 is 0 Å². The van der Waals surface area contributed by atoms with E-state index >= 15 is 0 Å². The Balaban J connectivity index is 2.37. The van der Waals surface area contributed by atoms with Gasteiger partial charge in [-0.05, 0) is 12.5 Å². The summed E-state index contributed by atoms with van der Waals surface area (Å²) >= 11 is 0. The van der Waals surface area contributed by atoms with Gasteiger partial charge in [-0.1, -0.05) is 33.1 Å². The van der Waals surface area contributed by atoms with Crippen molar-refractivity contribution in [2.24, 2.45) is 5.92 Å². The number of Topliss-reactive ketones (excluding diaryl/α,β-unsaturated/α-hetero) is 1. The van der Waals surface area contributed by atoms with Crippen LogP contribution >= 0.6 is 0 Å². The van der Waals surface area contributed by atoms with Crippen LogP contribution in [0.5, 0.6) is 0 Å². The summed E-state index contributed by atoms with van der Waals surface area (Å²) in [7, 11) is 0. The number of rotatable bonds is 6. The van der Waals surface area contributed by atoms with Crippen LogP contribution in [0, 0.1) is 5.92 Å². The molecule has 0 aliphatic heterocycles. The second-order valence-corrected chi connectivity index (χ2v) is 3.77. The number of hydrogen-bond donors (Lipinski definition) is 0. The summed E-state index contributed by atoms with van der Waals surface area (Å²) < 4.78 is 4.89. The van der Waals surface area contributed by atoms with E-state index in [0.717, 1.165) is 12.8 Å². The zero-order valence-electron chi connectivity index (χ0n) is 8.95. The van der Waals surface area contributed by atoms with Gasteiger partial charge in [0.15, 0.2) is 5.78 Å². The summed E-state index contributed by atoms with van der Waals surface area (Å²) in [6, 6.07) is 1.73. The summed E-state index contributed by atoms with van der Waals surface area (Å²) in [6.45, 7) is 4.16. The van der Waals surface area contributed by atoms with Crippen molar-refractivity contribution in [2.75, 3.05) is 0 Å². The van der Waals surface area contributed by atoms with Crippen LogP contribution in [0.25, 0.3) is 0 Å². The van der Waals surface area contributed by atoms with Gasteiger partial charge >= 0.3 is 0 Å². The minimum atomic E-state index is 0.124. The van der Waals surface area contributed by atoms with Gasteiger partial charge in [0, 0.05) is 5.92 Å². The van der Waals surface area contributed by atoms with E-state index in [1.807, 2.05) is 6.92 Å². The van der Waals surface area contributed by atoms with E-state index in [-0.39, 0.29) is 11.7 Å². The van der Waals surface area contributed by atoms with Gasteiger partial charge in [-0.3, -0.25) is 4.79 Å². The van der Waals surface area contributed by atoms with Crippen LogP contribution in [-0.2, 0) is 0 Å². The maximum absolute atomic E-state index is 11.7. The second-order valence-electron chi connectivity index (χ2n) is 3.77. The van der Waals surface area contributed by atoms with Gasteiger partial charge in [0.2, 0.25) is 0 Å². The topological polar surface area (TPSA) is 30.2 Å². The summed E-state index contributed by atoms with van der Waals surface area (Å²) in [5.74, 6) is 0.328. The number of furan rings is 1. The lowest BCUT2D eigenvalue weighted by atomic mass is 9.95. The Kier molecular flexibility index (Phi) is 4.44. The van der Waals surface area contributed by atoms with Gasteiger partial charge in [-0.2, -0.15) is 0 Å². The number of unbranched alkanes of at least 4 members (excludes halogenated alkanes) is 2. The highest BCUT2D eigenvalue weighted by Crippen LogP contribution is 2.15. The fourth-order valence-electron chi connectivity index (χ4n) is 1.52. The maximum Gasteiger partial charge on any atom is 0.168 e. The molecule has 0 N–H and O–H groups in total. The smallest absolute Gasteiger partial charge is 0.168 e. The van der Waals surface area contributed by atoms with Crippen LogP contribution in [-0.4, -0.2) is 5.78 Å². The fraction of sp³-hybridized carbons (Fsp3) is 0.583. The largest absolute Gasteiger partial charge is 0.472 e. The SMILES string of the molecule is CCCCCC(C)C(=O)c1ccoc1. The molecule has 0 bridgehead atoms. The molecule has 1 atom stereocenters. The lowest BCUT2D eigenvalue weighted by molar-refractivity contribution is 0.0921. The summed E-state index contributed by atoms with van der Waals surface area (Å²) in [4.78, 5) is 11.7. The summed E-state index contributed by atoms with van der Waals surface area (Å²) in [6.07, 6.45) is 7.61. The van der Waals surface area contributed by atoms with Crippen molar-refractivity contribution >= 4 is 5.78 Å². The molecule has 1 heterocycles. The van der Waals surface area contributed by atoms with Crippen molar-refractivity contribution in [1.82, 2.24) is 0 Å². The monoisotopic (exact) mass is 194 g/mol. The molecule has 2 nitrogen and oxygen atoms in total. The van der Waals surface area contributed by atoms with Crippen molar-refractivity contribution in [2.45, 2.75) is 39.5 Å². The first-order chi connectivity index (χ1) is 6.75. The van der Waals surface area contributed by atoms with Gasteiger partial charge in [0.05, 0.1) is 11.8 Å². The Labute approximate surface area is 85.3 Å². The highest BCUT2D eigenvalue weighted by atomic mass is 16.3. The first kappa shape index (κ1) is 11.0. The molecule has 0 saturated carbocycles. The molecule has 14 heavy (non-hydrogen) atoms. The highest BCUT2D eigenvalue weighted by molar-refractivity contribution is 5.97. The lowest BCUT2D eigenvalue weighted by Crippen LogP contribution is -2.10. The Bertz CT molecular complexity index is 262. The van der Waals surface area contributed by atoms with Crippen LogP contribution in [0.2, 0.25) is 0 Å². The Hall–Kier alpha value is -1.05. The van der Waals surface area contributed by atoms with E-state index in [1.54, 1.807) is 12.3 Å². The van der Waals surface area contributed by atoms with Crippen LogP contribution in [0.1, 0.15) is 49.9 Å². The molecule has 1 unspecified atom stereocenters. The molecule has 0 spiro atoms. The predicted octanol–water partition coefficient (Wildman–Crippen LogP) is 3.68. The quantitative estimate of drug-likeness (QED) is 0.510. The van der Waals surface area contributed by atoms with Gasteiger partial charge in [-0.15, -0.1) is 0 Å². The van der Waals surface area contributed by atoms with Gasteiger partial charge in [0.25, 0.3) is 0 Å². The standard InChI is InChI=1S/C12H18O2/c1-3-4-5-6-10(2)12(13)11-7-8-14-9-11/h7-10H,3-6H2,1-2H3. The van der Waals surface area contributed by atoms with E-state index in [2.05, 4.69) is 6.92 Å². The lowest BCUT2D eigenvalue weighted by Gasteiger charge is -2.07. The minimum absolute atomic E-state index is 0.124. The molecule has 1 aromatic rings. The van der Waals surface area contributed by atoms with E-state index in [0.29, 0.717) is 5.56 Å². The summed E-state index contributed by atoms with van der Waals surface area (Å²) in [5, 5.41) is 0. The van der Waals surface area contributed by atoms with Crippen LogP contribution in [0.3, 0.4) is 0 Å². The van der Waals surface area contributed by atoms with Crippen molar-refractivity contribution in [1.29, 1.82) is 0 Å². The molecule has 0 radical (unpaired) electrons. The third-order valence-electron chi connectivity index (χ3n) is 2.49. The van der Waals surface area contributed by atoms with Crippen molar-refractivity contribution in [3.8, 4) is 0 Å². The molecule has 78 valence electrons. The third kappa shape index (κ3) is 3.02. The first-order valence-electron chi connectivity index (χ1n) is 5.32. The molecular weight excluding hydrogens is 176 g/mol. The molecule has 0 saturated heterocycles. The third-order valence-corrected chi connectivity index (χ3v) is 2.49. The molecule has 0 aromatic carbocycles. The fourth-order valence-corrected chi connectivity index (χ4v) is 1.52. The predicted molar refractivity (Wildman–Crippen MR) is 56.3 cm³/mol. The van der Waals surface area contributed by atoms with Gasteiger partial charge in [-0.25, -0.2) is 0 Å². The number of carbonyl (C=O) groups excluding carboxylic acids is 1. The highest BCUT2D eigenvalue weighted by Gasteiger charge is 2.15. The second kappa shape index (κ2) is 5.63. The average molecular weight is 194 g/mol. The number of hydrogen-bond acceptors (Lipinski definition) is 2. The molecule has 0 aliphatic rings. The Morgan fingerprint density at radius 3 is 2.86 bits per heavy atom. The molecule has 1 aromatic heterocycles. The van der Waals surface area contributed by atoms with Crippen molar-refractivity contribution in [3.05, 3.63) is 24.2 Å². The van der Waals surface area contributed by atoms with Crippen molar-refractivity contribution < 1.29 is 9.21 Å². The van der Waals surface area contributed by atoms with Crippen LogP contribution < -0.4 is 0 Å². The number of ketones is 1. The summed E-state index contributed by atoms with van der Waals surface area (Å²) in [5.41, 5.74) is 0.703. The molecule has 0 amide bonds. The molecule has 0 aliphatic carbocycles. The van der Waals surface area contributed by atoms with Crippen LogP contribution in [0.4, 0.5) is 0 Å². The van der Waals surface area contributed by atoms with E-state index in [9.17, 15) is 4.79 Å². The average Bonchev–Trinajstić information content (AvgIpc) is 2.69. The van der Waals surface area contributed by atoms with Crippen molar-refractivity contribution in [3.63, 3.8) is 0 Å².